The molecule has 0 saturated heterocycles. The number of aliphatic carboxylic acids is 1. The zero-order valence-corrected chi connectivity index (χ0v) is 15.5. The molecule has 0 radical (unpaired) electrons. The molecule has 23 heavy (non-hydrogen) atoms. The summed E-state index contributed by atoms with van der Waals surface area (Å²) in [6.45, 7) is 4.37. The minimum Gasteiger partial charge on any atom is -0.550 e. The van der Waals surface area contributed by atoms with Gasteiger partial charge in [0.2, 0.25) is 0 Å². The molecule has 0 aromatic rings. The number of carboxylic acids is 1. The van der Waals surface area contributed by atoms with Crippen molar-refractivity contribution in [2.45, 2.75) is 104 Å². The lowest BCUT2D eigenvalue weighted by molar-refractivity contribution is -0.305. The smallest absolute Gasteiger partial charge is 0.305 e. The van der Waals surface area contributed by atoms with E-state index in [-0.39, 0.29) is 12.4 Å². The summed E-state index contributed by atoms with van der Waals surface area (Å²) in [7, 11) is 1.44. The van der Waals surface area contributed by atoms with Crippen LogP contribution in [0.1, 0.15) is 104 Å². The zero-order valence-electron chi connectivity index (χ0n) is 15.5. The van der Waals surface area contributed by atoms with Gasteiger partial charge in [-0.25, -0.2) is 0 Å². The van der Waals surface area contributed by atoms with E-state index in [1.54, 1.807) is 0 Å². The van der Waals surface area contributed by atoms with E-state index in [2.05, 4.69) is 18.6 Å². The molecule has 0 amide bonds. The van der Waals surface area contributed by atoms with Crippen molar-refractivity contribution in [3.05, 3.63) is 0 Å². The van der Waals surface area contributed by atoms with Gasteiger partial charge in [-0.05, 0) is 19.3 Å². The van der Waals surface area contributed by atoms with Crippen molar-refractivity contribution in [3.8, 4) is 0 Å². The Bertz CT molecular complexity index is 264. The first-order valence-corrected chi connectivity index (χ1v) is 9.35. The van der Waals surface area contributed by atoms with Crippen LogP contribution in [0.3, 0.4) is 0 Å². The number of esters is 1. The maximum Gasteiger partial charge on any atom is 0.305 e. The van der Waals surface area contributed by atoms with Gasteiger partial charge in [-0.1, -0.05) is 78.1 Å². The Morgan fingerprint density at radius 2 is 1.09 bits per heavy atom. The van der Waals surface area contributed by atoms with Crippen LogP contribution in [0.25, 0.3) is 0 Å². The summed E-state index contributed by atoms with van der Waals surface area (Å²) < 4.78 is 4.52. The number of unbranched alkanes of at least 4 members (excludes halogenated alkanes) is 10. The highest BCUT2D eigenvalue weighted by atomic mass is 16.5. The molecule has 4 nitrogen and oxygen atoms in total. The minimum absolute atomic E-state index is 0.0819. The average Bonchev–Trinajstić information content (AvgIpc) is 2.54. The quantitative estimate of drug-likeness (QED) is 0.350. The number of hydrogen-bond acceptors (Lipinski definition) is 4. The summed E-state index contributed by atoms with van der Waals surface area (Å²) >= 11 is 0. The number of carbonyl (C=O) groups excluding carboxylic acids is 2. The lowest BCUT2D eigenvalue weighted by Gasteiger charge is -2.01. The van der Waals surface area contributed by atoms with Crippen LogP contribution < -0.4 is 5.11 Å². The van der Waals surface area contributed by atoms with Gasteiger partial charge in [0.25, 0.3) is 0 Å². The molecule has 0 saturated carbocycles. The van der Waals surface area contributed by atoms with Crippen LogP contribution >= 0.6 is 0 Å². The maximum absolute atomic E-state index is 10.6. The molecule has 138 valence electrons. The highest BCUT2D eigenvalue weighted by Crippen LogP contribution is 2.07. The third kappa shape index (κ3) is 26.2. The molecular weight excluding hydrogens is 292 g/mol. The molecule has 0 spiro atoms. The van der Waals surface area contributed by atoms with Crippen LogP contribution in [0.2, 0.25) is 0 Å². The van der Waals surface area contributed by atoms with Gasteiger partial charge in [0, 0.05) is 12.4 Å². The van der Waals surface area contributed by atoms with E-state index < -0.39 is 5.97 Å². The first-order valence-electron chi connectivity index (χ1n) is 9.35. The summed E-state index contributed by atoms with van der Waals surface area (Å²) in [4.78, 5) is 20.6. The van der Waals surface area contributed by atoms with Crippen molar-refractivity contribution >= 4 is 11.9 Å². The topological polar surface area (TPSA) is 66.4 Å². The van der Waals surface area contributed by atoms with Crippen molar-refractivity contribution in [2.75, 3.05) is 7.11 Å². The largest absolute Gasteiger partial charge is 0.550 e. The monoisotopic (exact) mass is 329 g/mol. The van der Waals surface area contributed by atoms with Gasteiger partial charge < -0.3 is 14.6 Å². The molecule has 0 unspecified atom stereocenters. The van der Waals surface area contributed by atoms with Crippen LogP contribution in [-0.2, 0) is 14.3 Å². The van der Waals surface area contributed by atoms with E-state index in [0.717, 1.165) is 25.7 Å². The molecule has 0 heterocycles. The molecule has 0 aromatic heterocycles. The zero-order chi connectivity index (χ0) is 17.8. The van der Waals surface area contributed by atoms with Crippen molar-refractivity contribution in [1.29, 1.82) is 0 Å². The van der Waals surface area contributed by atoms with Gasteiger partial charge in [0.05, 0.1) is 7.11 Å². The Morgan fingerprint density at radius 3 is 1.48 bits per heavy atom. The molecule has 0 fully saturated rings. The summed E-state index contributed by atoms with van der Waals surface area (Å²) in [5.74, 6) is -0.995. The fourth-order valence-corrected chi connectivity index (χ4v) is 2.20. The van der Waals surface area contributed by atoms with Gasteiger partial charge >= 0.3 is 5.97 Å². The fourth-order valence-electron chi connectivity index (χ4n) is 2.20. The second-order valence-electron chi connectivity index (χ2n) is 5.98. The van der Waals surface area contributed by atoms with Crippen LogP contribution in [0.5, 0.6) is 0 Å². The molecule has 0 rings (SSSR count). The van der Waals surface area contributed by atoms with E-state index in [1.807, 2.05) is 0 Å². The number of carbonyl (C=O) groups is 2. The number of hydrogen-bond donors (Lipinski definition) is 0. The van der Waals surface area contributed by atoms with Gasteiger partial charge in [-0.2, -0.15) is 0 Å². The molecule has 4 heteroatoms. The molecule has 0 bridgehead atoms. The highest BCUT2D eigenvalue weighted by Gasteiger charge is 1.97. The summed E-state index contributed by atoms with van der Waals surface area (Å²) in [6, 6.07) is 0. The van der Waals surface area contributed by atoms with Crippen LogP contribution in [0, 0.1) is 0 Å². The Kier molecular flexibility index (Phi) is 22.0. The number of methoxy groups -OCH3 is 1. The van der Waals surface area contributed by atoms with Gasteiger partial charge in [0.1, 0.15) is 0 Å². The normalized spacial score (nSPS) is 9.87. The van der Waals surface area contributed by atoms with E-state index in [4.69, 9.17) is 0 Å². The predicted molar refractivity (Wildman–Crippen MR) is 93.0 cm³/mol. The van der Waals surface area contributed by atoms with Crippen molar-refractivity contribution < 1.29 is 19.4 Å². The van der Waals surface area contributed by atoms with E-state index in [1.165, 1.54) is 58.5 Å². The van der Waals surface area contributed by atoms with Gasteiger partial charge in [0.15, 0.2) is 0 Å². The Balaban J connectivity index is 0. The molecule has 0 aromatic carbocycles. The predicted octanol–water partition coefficient (Wildman–Crippen LogP) is 4.40. The first kappa shape index (κ1) is 24.2. The maximum atomic E-state index is 10.6. The summed E-state index contributed by atoms with van der Waals surface area (Å²) in [5, 5.41) is 10.0. The molecule has 0 aliphatic carbocycles. The standard InChI is InChI=1S/C10H20O2.C9H18O2/c1-2-3-4-5-6-7-8-9-10(11)12;1-3-4-5-6-7-8-9(10)11-2/h2-9H2,1H3,(H,11,12);3-8H2,1-2H3/p-1. The van der Waals surface area contributed by atoms with Crippen molar-refractivity contribution in [2.24, 2.45) is 0 Å². The van der Waals surface area contributed by atoms with Crippen LogP contribution in [0.15, 0.2) is 0 Å². The van der Waals surface area contributed by atoms with Crippen molar-refractivity contribution in [1.82, 2.24) is 0 Å². The molecule has 0 aliphatic heterocycles. The number of rotatable bonds is 14. The number of ether oxygens (including phenoxy) is 1. The Labute approximate surface area is 143 Å². The second kappa shape index (κ2) is 20.9. The number of carboxylic acid groups (broad SMARTS) is 1. The molecular formula is C19H37O4-. The summed E-state index contributed by atoms with van der Waals surface area (Å²) in [5.41, 5.74) is 0. The SMILES string of the molecule is CCCCCCCC(=O)OC.CCCCCCCCCC(=O)[O-]. The molecule has 0 N–H and O–H groups in total. The minimum atomic E-state index is -0.913. The second-order valence-corrected chi connectivity index (χ2v) is 5.98. The first-order chi connectivity index (χ1) is 11.1. The lowest BCUT2D eigenvalue weighted by atomic mass is 10.1. The van der Waals surface area contributed by atoms with Gasteiger partial charge in [-0.15, -0.1) is 0 Å². The van der Waals surface area contributed by atoms with Crippen LogP contribution in [-0.4, -0.2) is 19.0 Å². The van der Waals surface area contributed by atoms with E-state index >= 15 is 0 Å². The van der Waals surface area contributed by atoms with E-state index in [9.17, 15) is 14.7 Å². The lowest BCUT2D eigenvalue weighted by Crippen LogP contribution is -2.21. The third-order valence-corrected chi connectivity index (χ3v) is 3.70. The summed E-state index contributed by atoms with van der Waals surface area (Å²) in [6.07, 6.45) is 14.8. The van der Waals surface area contributed by atoms with Gasteiger partial charge in [-0.3, -0.25) is 4.79 Å². The highest BCUT2D eigenvalue weighted by molar-refractivity contribution is 5.68. The Hall–Kier alpha value is -1.06. The van der Waals surface area contributed by atoms with E-state index in [0.29, 0.717) is 6.42 Å². The van der Waals surface area contributed by atoms with Crippen LogP contribution in [0.4, 0.5) is 0 Å². The third-order valence-electron chi connectivity index (χ3n) is 3.70. The van der Waals surface area contributed by atoms with Crippen molar-refractivity contribution in [3.63, 3.8) is 0 Å². The Morgan fingerprint density at radius 1 is 0.696 bits per heavy atom. The fraction of sp³-hybridized carbons (Fsp3) is 0.895. The molecule has 0 aliphatic rings. The average molecular weight is 330 g/mol. The molecule has 0 atom stereocenters.